The van der Waals surface area contributed by atoms with E-state index < -0.39 is 6.61 Å². The molecule has 1 aromatic carbocycles. The van der Waals surface area contributed by atoms with E-state index in [1.807, 2.05) is 13.0 Å². The molecule has 0 fully saturated rings. The lowest BCUT2D eigenvalue weighted by Crippen LogP contribution is -2.39. The third-order valence-corrected chi connectivity index (χ3v) is 3.53. The molecule has 2 N–H and O–H groups in total. The Hall–Kier alpha value is -3.10. The van der Waals surface area contributed by atoms with Crippen LogP contribution >= 0.6 is 0 Å². The number of aliphatic imine (C=N–C) groups is 1. The minimum atomic E-state index is -2.91. The summed E-state index contributed by atoms with van der Waals surface area (Å²) in [6.45, 7) is 0.715. The van der Waals surface area contributed by atoms with Crippen molar-refractivity contribution in [2.45, 2.75) is 20.1 Å². The molecule has 0 atom stereocenters. The molecule has 2 rings (SSSR count). The molecule has 0 unspecified atom stereocenters. The molecule has 0 amide bonds. The molecule has 0 saturated carbocycles. The van der Waals surface area contributed by atoms with Crippen LogP contribution in [0.5, 0.6) is 17.2 Å². The highest BCUT2D eigenvalue weighted by molar-refractivity contribution is 5.79. The molecule has 0 saturated heterocycles. The van der Waals surface area contributed by atoms with Crippen LogP contribution in [-0.2, 0) is 6.54 Å². The standard InChI is InChI=1S/C19H24F2N4O3/c1-3-23-19(24-9-10-27-16-5-4-8-22-13-16)25-12-14-11-15(26-2)6-7-17(14)28-18(20)21/h4-8,11,13,18H,3,9-10,12H2,1-2H3,(H2,23,24,25). The molecular weight excluding hydrogens is 370 g/mol. The van der Waals surface area contributed by atoms with Crippen LogP contribution in [0.2, 0.25) is 0 Å². The average molecular weight is 394 g/mol. The van der Waals surface area contributed by atoms with Gasteiger partial charge in [0.15, 0.2) is 5.96 Å². The zero-order valence-electron chi connectivity index (χ0n) is 15.8. The lowest BCUT2D eigenvalue weighted by molar-refractivity contribution is -0.0504. The van der Waals surface area contributed by atoms with Gasteiger partial charge >= 0.3 is 6.61 Å². The van der Waals surface area contributed by atoms with Crippen molar-refractivity contribution in [2.24, 2.45) is 4.99 Å². The summed E-state index contributed by atoms with van der Waals surface area (Å²) in [6.07, 6.45) is 3.30. The number of halogens is 2. The van der Waals surface area contributed by atoms with Gasteiger partial charge in [-0.15, -0.1) is 0 Å². The highest BCUT2D eigenvalue weighted by Gasteiger charge is 2.11. The predicted molar refractivity (Wildman–Crippen MR) is 102 cm³/mol. The molecule has 0 aliphatic heterocycles. The van der Waals surface area contributed by atoms with Crippen LogP contribution in [0.3, 0.4) is 0 Å². The van der Waals surface area contributed by atoms with Crippen molar-refractivity contribution in [3.05, 3.63) is 48.3 Å². The van der Waals surface area contributed by atoms with E-state index in [0.29, 0.717) is 42.7 Å². The van der Waals surface area contributed by atoms with Crippen LogP contribution in [0, 0.1) is 0 Å². The number of nitrogens with zero attached hydrogens (tertiary/aromatic N) is 2. The summed E-state index contributed by atoms with van der Waals surface area (Å²) >= 11 is 0. The molecule has 28 heavy (non-hydrogen) atoms. The molecule has 0 bridgehead atoms. The SMILES string of the molecule is CCNC(=NCc1cc(OC)ccc1OC(F)F)NCCOc1cccnc1. The summed E-state index contributed by atoms with van der Waals surface area (Å²) < 4.78 is 40.5. The monoisotopic (exact) mass is 394 g/mol. The number of aromatic nitrogens is 1. The number of ether oxygens (including phenoxy) is 3. The normalized spacial score (nSPS) is 11.2. The Bertz CT molecular complexity index is 745. The Morgan fingerprint density at radius 2 is 2.07 bits per heavy atom. The zero-order chi connectivity index (χ0) is 20.2. The fourth-order valence-electron chi connectivity index (χ4n) is 2.29. The van der Waals surface area contributed by atoms with E-state index in [0.717, 1.165) is 0 Å². The summed E-state index contributed by atoms with van der Waals surface area (Å²) in [5.74, 6) is 1.81. The van der Waals surface area contributed by atoms with Crippen LogP contribution < -0.4 is 24.8 Å². The minimum absolute atomic E-state index is 0.0651. The van der Waals surface area contributed by atoms with E-state index in [4.69, 9.17) is 9.47 Å². The van der Waals surface area contributed by atoms with Gasteiger partial charge in [-0.25, -0.2) is 4.99 Å². The van der Waals surface area contributed by atoms with Crippen LogP contribution in [-0.4, -0.2) is 44.4 Å². The van der Waals surface area contributed by atoms with Crippen molar-refractivity contribution in [3.8, 4) is 17.2 Å². The highest BCUT2D eigenvalue weighted by atomic mass is 19.3. The first-order chi connectivity index (χ1) is 13.6. The first-order valence-corrected chi connectivity index (χ1v) is 8.79. The molecule has 9 heteroatoms. The van der Waals surface area contributed by atoms with Gasteiger partial charge in [0, 0.05) is 18.3 Å². The van der Waals surface area contributed by atoms with Crippen LogP contribution in [0.25, 0.3) is 0 Å². The van der Waals surface area contributed by atoms with Gasteiger partial charge in [-0.05, 0) is 37.3 Å². The Morgan fingerprint density at radius 1 is 1.21 bits per heavy atom. The van der Waals surface area contributed by atoms with Crippen molar-refractivity contribution in [1.82, 2.24) is 15.6 Å². The predicted octanol–water partition coefficient (Wildman–Crippen LogP) is 2.83. The van der Waals surface area contributed by atoms with Crippen molar-refractivity contribution < 1.29 is 23.0 Å². The molecule has 0 spiro atoms. The van der Waals surface area contributed by atoms with E-state index in [2.05, 4.69) is 25.3 Å². The highest BCUT2D eigenvalue weighted by Crippen LogP contribution is 2.26. The summed E-state index contributed by atoms with van der Waals surface area (Å²) in [5.41, 5.74) is 0.489. The number of guanidine groups is 1. The Balaban J connectivity index is 1.97. The second kappa shape index (κ2) is 11.6. The third-order valence-electron chi connectivity index (χ3n) is 3.53. The van der Waals surface area contributed by atoms with Gasteiger partial charge in [0.05, 0.1) is 26.4 Å². The number of nitrogens with one attached hydrogen (secondary N) is 2. The van der Waals surface area contributed by atoms with Crippen LogP contribution in [0.4, 0.5) is 8.78 Å². The summed E-state index contributed by atoms with van der Waals surface area (Å²) in [4.78, 5) is 8.39. The smallest absolute Gasteiger partial charge is 0.387 e. The van der Waals surface area contributed by atoms with Gasteiger partial charge in [0.2, 0.25) is 0 Å². The van der Waals surface area contributed by atoms with Crippen LogP contribution in [0.1, 0.15) is 12.5 Å². The van der Waals surface area contributed by atoms with Gasteiger partial charge in [0.25, 0.3) is 0 Å². The first kappa shape index (κ1) is 21.2. The molecule has 7 nitrogen and oxygen atoms in total. The molecular formula is C19H24F2N4O3. The average Bonchev–Trinajstić information content (AvgIpc) is 2.70. The van der Waals surface area contributed by atoms with Gasteiger partial charge in [-0.2, -0.15) is 8.78 Å². The quantitative estimate of drug-likeness (QED) is 0.367. The van der Waals surface area contributed by atoms with Gasteiger partial charge in [-0.1, -0.05) is 0 Å². The van der Waals surface area contributed by atoms with E-state index in [1.165, 1.54) is 13.2 Å². The van der Waals surface area contributed by atoms with Gasteiger partial charge in [-0.3, -0.25) is 4.98 Å². The maximum absolute atomic E-state index is 12.6. The fourth-order valence-corrected chi connectivity index (χ4v) is 2.29. The fraction of sp³-hybridized carbons (Fsp3) is 0.368. The topological polar surface area (TPSA) is 77.0 Å². The van der Waals surface area contributed by atoms with Crippen LogP contribution in [0.15, 0.2) is 47.7 Å². The number of hydrogen-bond acceptors (Lipinski definition) is 5. The number of rotatable bonds is 10. The van der Waals surface area contributed by atoms with E-state index in [1.54, 1.807) is 30.6 Å². The maximum atomic E-state index is 12.6. The number of pyridine rings is 1. The molecule has 1 heterocycles. The number of alkyl halides is 2. The Kier molecular flexibility index (Phi) is 8.77. The van der Waals surface area contributed by atoms with Crippen molar-refractivity contribution >= 4 is 5.96 Å². The van der Waals surface area contributed by atoms with E-state index in [-0.39, 0.29) is 12.3 Å². The van der Waals surface area contributed by atoms with Gasteiger partial charge < -0.3 is 24.8 Å². The molecule has 0 aliphatic carbocycles. The van der Waals surface area contributed by atoms with E-state index >= 15 is 0 Å². The van der Waals surface area contributed by atoms with Crippen molar-refractivity contribution in [2.75, 3.05) is 26.8 Å². The Labute approximate surface area is 162 Å². The largest absolute Gasteiger partial charge is 0.497 e. The van der Waals surface area contributed by atoms with Crippen molar-refractivity contribution in [3.63, 3.8) is 0 Å². The molecule has 0 aliphatic rings. The number of benzene rings is 1. The maximum Gasteiger partial charge on any atom is 0.387 e. The minimum Gasteiger partial charge on any atom is -0.497 e. The lowest BCUT2D eigenvalue weighted by atomic mass is 10.2. The summed E-state index contributed by atoms with van der Waals surface area (Å²) in [7, 11) is 1.50. The molecule has 152 valence electrons. The lowest BCUT2D eigenvalue weighted by Gasteiger charge is -2.14. The first-order valence-electron chi connectivity index (χ1n) is 8.79. The number of hydrogen-bond donors (Lipinski definition) is 2. The third kappa shape index (κ3) is 7.26. The number of methoxy groups -OCH3 is 1. The molecule has 2 aromatic rings. The molecule has 1 aromatic heterocycles. The Morgan fingerprint density at radius 3 is 2.75 bits per heavy atom. The second-order valence-corrected chi connectivity index (χ2v) is 5.51. The van der Waals surface area contributed by atoms with Gasteiger partial charge in [0.1, 0.15) is 23.9 Å². The zero-order valence-corrected chi connectivity index (χ0v) is 15.8. The second-order valence-electron chi connectivity index (χ2n) is 5.51. The van der Waals surface area contributed by atoms with Crippen molar-refractivity contribution in [1.29, 1.82) is 0 Å². The summed E-state index contributed by atoms with van der Waals surface area (Å²) in [5, 5.41) is 6.21. The summed E-state index contributed by atoms with van der Waals surface area (Å²) in [6, 6.07) is 8.24. The molecule has 0 radical (unpaired) electrons. The van der Waals surface area contributed by atoms with E-state index in [9.17, 15) is 8.78 Å².